The van der Waals surface area contributed by atoms with Crippen LogP contribution in [0.3, 0.4) is 0 Å². The van der Waals surface area contributed by atoms with E-state index >= 15 is 0 Å². The minimum atomic E-state index is -1.34. The minimum absolute atomic E-state index is 0.0640. The summed E-state index contributed by atoms with van der Waals surface area (Å²) >= 11 is 1.87. The summed E-state index contributed by atoms with van der Waals surface area (Å²) in [7, 11) is -1.34. The fourth-order valence-electron chi connectivity index (χ4n) is 2.89. The number of benzene rings is 1. The number of carbonyl (C=O) groups excluding carboxylic acids is 1. The van der Waals surface area contributed by atoms with E-state index in [9.17, 15) is 9.59 Å². The number of thioether (sulfide) groups is 1. The molecule has 1 aromatic rings. The molecule has 3 atom stereocenters. The van der Waals surface area contributed by atoms with Gasteiger partial charge in [0.2, 0.25) is 0 Å². The van der Waals surface area contributed by atoms with Crippen LogP contribution in [0.25, 0.3) is 0 Å². The Hall–Kier alpha value is -1.71. The average Bonchev–Trinajstić information content (AvgIpc) is 3.12. The maximum Gasteiger partial charge on any atom is 0.488 e. The zero-order chi connectivity index (χ0) is 18.2. The van der Waals surface area contributed by atoms with Crippen molar-refractivity contribution in [2.24, 2.45) is 0 Å². The van der Waals surface area contributed by atoms with Crippen LogP contribution in [0.15, 0.2) is 30.3 Å². The highest BCUT2D eigenvalue weighted by molar-refractivity contribution is 8.00. The highest BCUT2D eigenvalue weighted by Gasteiger charge is 2.42. The standard InChI is InChI=1S/C10H16N2O3S.C6H7BO2/c13-8(14)4-2-1-3-7-9-6(5-16-7)11-10(15)12-9;8-7(9)6-4-2-1-3-5-6/h6-7,9H,1-5H2,(H,13,14)(H2,11,12,15);1-5,8-9H/t6-,7-,9-;/m0./s1. The summed E-state index contributed by atoms with van der Waals surface area (Å²) in [6.45, 7) is 0. The van der Waals surface area contributed by atoms with Crippen LogP contribution in [0.2, 0.25) is 0 Å². The SMILES string of the molecule is O=C(O)CCCC[C@@H]1SC[C@@H]2NC(=O)N[C@@H]21.OB(O)c1ccccc1. The minimum Gasteiger partial charge on any atom is -0.481 e. The third-order valence-electron chi connectivity index (χ3n) is 4.17. The number of amides is 2. The van der Waals surface area contributed by atoms with E-state index in [1.165, 1.54) is 0 Å². The van der Waals surface area contributed by atoms with Gasteiger partial charge in [0.1, 0.15) is 0 Å². The van der Waals surface area contributed by atoms with Crippen LogP contribution in [0.1, 0.15) is 25.7 Å². The van der Waals surface area contributed by atoms with Crippen LogP contribution in [-0.2, 0) is 4.79 Å². The molecular formula is C16H23BN2O5S. The molecule has 3 rings (SSSR count). The van der Waals surface area contributed by atoms with Crippen molar-refractivity contribution in [1.82, 2.24) is 10.6 Å². The van der Waals surface area contributed by atoms with Crippen LogP contribution in [-0.4, -0.2) is 57.4 Å². The molecular weight excluding hydrogens is 343 g/mol. The van der Waals surface area contributed by atoms with Crippen LogP contribution in [0.5, 0.6) is 0 Å². The summed E-state index contributed by atoms with van der Waals surface area (Å²) < 4.78 is 0. The molecule has 0 unspecified atom stereocenters. The summed E-state index contributed by atoms with van der Waals surface area (Å²) in [6, 6.07) is 9.10. The Kier molecular flexibility index (Phi) is 7.61. The second-order valence-electron chi connectivity index (χ2n) is 6.05. The number of hydrogen-bond acceptors (Lipinski definition) is 5. The van der Waals surface area contributed by atoms with Gasteiger partial charge in [0, 0.05) is 17.4 Å². The predicted molar refractivity (Wildman–Crippen MR) is 97.9 cm³/mol. The molecule has 0 radical (unpaired) electrons. The van der Waals surface area contributed by atoms with E-state index in [0.29, 0.717) is 10.7 Å². The summed E-state index contributed by atoms with van der Waals surface area (Å²) in [6.07, 6.45) is 2.88. The molecule has 9 heteroatoms. The Bertz CT molecular complexity index is 575. The zero-order valence-electron chi connectivity index (χ0n) is 13.8. The van der Waals surface area contributed by atoms with E-state index in [2.05, 4.69) is 10.6 Å². The van der Waals surface area contributed by atoms with Crippen molar-refractivity contribution in [3.63, 3.8) is 0 Å². The number of urea groups is 1. The van der Waals surface area contributed by atoms with E-state index in [0.717, 1.165) is 25.0 Å². The summed E-state index contributed by atoms with van der Waals surface area (Å²) in [5, 5.41) is 31.9. The Morgan fingerprint density at radius 1 is 1.20 bits per heavy atom. The Balaban J connectivity index is 0.000000212. The average molecular weight is 366 g/mol. The number of carbonyl (C=O) groups is 2. The number of rotatable bonds is 6. The fraction of sp³-hybridized carbons (Fsp3) is 0.500. The monoisotopic (exact) mass is 366 g/mol. The number of carboxylic acids is 1. The van der Waals surface area contributed by atoms with Gasteiger partial charge in [-0.2, -0.15) is 11.8 Å². The molecule has 0 spiro atoms. The molecule has 2 fully saturated rings. The third-order valence-corrected chi connectivity index (χ3v) is 5.67. The normalized spacial score (nSPS) is 23.8. The lowest BCUT2D eigenvalue weighted by molar-refractivity contribution is -0.137. The molecule has 2 aliphatic rings. The van der Waals surface area contributed by atoms with Gasteiger partial charge in [0.15, 0.2) is 0 Å². The Morgan fingerprint density at radius 2 is 1.92 bits per heavy atom. The van der Waals surface area contributed by atoms with Gasteiger partial charge in [-0.15, -0.1) is 0 Å². The molecule has 5 N–H and O–H groups in total. The van der Waals surface area contributed by atoms with Gasteiger partial charge >= 0.3 is 19.1 Å². The van der Waals surface area contributed by atoms with Crippen molar-refractivity contribution in [2.45, 2.75) is 43.0 Å². The molecule has 0 saturated carbocycles. The lowest BCUT2D eigenvalue weighted by Gasteiger charge is -2.16. The number of nitrogens with one attached hydrogen (secondary N) is 2. The van der Waals surface area contributed by atoms with Crippen molar-refractivity contribution >= 4 is 36.3 Å². The van der Waals surface area contributed by atoms with E-state index < -0.39 is 13.1 Å². The maximum absolute atomic E-state index is 11.1. The first-order valence-electron chi connectivity index (χ1n) is 8.29. The first-order chi connectivity index (χ1) is 12.0. The summed E-state index contributed by atoms with van der Waals surface area (Å²) in [5.74, 6) is 0.236. The van der Waals surface area contributed by atoms with Crippen LogP contribution in [0, 0.1) is 0 Å². The molecule has 25 heavy (non-hydrogen) atoms. The quantitative estimate of drug-likeness (QED) is 0.278. The molecule has 0 aromatic heterocycles. The van der Waals surface area contributed by atoms with E-state index in [1.807, 2.05) is 17.8 Å². The molecule has 2 aliphatic heterocycles. The molecule has 1 aromatic carbocycles. The number of aliphatic carboxylic acids is 1. The van der Waals surface area contributed by atoms with E-state index in [1.54, 1.807) is 24.3 Å². The second-order valence-corrected chi connectivity index (χ2v) is 7.32. The number of unbranched alkanes of at least 4 members (excludes halogenated alkanes) is 1. The molecule has 2 saturated heterocycles. The smallest absolute Gasteiger partial charge is 0.481 e. The van der Waals surface area contributed by atoms with Crippen molar-refractivity contribution in [1.29, 1.82) is 0 Å². The Morgan fingerprint density at radius 3 is 2.52 bits per heavy atom. The van der Waals surface area contributed by atoms with E-state index in [-0.39, 0.29) is 24.5 Å². The van der Waals surface area contributed by atoms with Crippen LogP contribution in [0.4, 0.5) is 4.79 Å². The van der Waals surface area contributed by atoms with Crippen LogP contribution >= 0.6 is 11.8 Å². The van der Waals surface area contributed by atoms with Crippen molar-refractivity contribution in [3.8, 4) is 0 Å². The van der Waals surface area contributed by atoms with Crippen molar-refractivity contribution < 1.29 is 24.7 Å². The molecule has 2 heterocycles. The van der Waals surface area contributed by atoms with Gasteiger partial charge < -0.3 is 25.8 Å². The largest absolute Gasteiger partial charge is 0.488 e. The zero-order valence-corrected chi connectivity index (χ0v) is 14.6. The van der Waals surface area contributed by atoms with Gasteiger partial charge in [-0.25, -0.2) is 4.79 Å². The first-order valence-corrected chi connectivity index (χ1v) is 9.33. The maximum atomic E-state index is 11.1. The van der Waals surface area contributed by atoms with E-state index in [4.69, 9.17) is 15.2 Å². The van der Waals surface area contributed by atoms with Gasteiger partial charge in [-0.1, -0.05) is 36.8 Å². The molecule has 0 bridgehead atoms. The predicted octanol–water partition coefficient (Wildman–Crippen LogP) is 0.163. The number of fused-ring (bicyclic) bond motifs is 1. The topological polar surface area (TPSA) is 119 Å². The highest BCUT2D eigenvalue weighted by atomic mass is 32.2. The van der Waals surface area contributed by atoms with Gasteiger partial charge in [-0.05, 0) is 18.3 Å². The van der Waals surface area contributed by atoms with Gasteiger partial charge in [-0.3, -0.25) is 4.79 Å². The fourth-order valence-corrected chi connectivity index (χ4v) is 4.43. The molecule has 7 nitrogen and oxygen atoms in total. The lowest BCUT2D eigenvalue weighted by atomic mass is 9.81. The van der Waals surface area contributed by atoms with Crippen LogP contribution < -0.4 is 16.1 Å². The highest BCUT2D eigenvalue weighted by Crippen LogP contribution is 2.33. The Labute approximate surface area is 151 Å². The number of carboxylic acid groups (broad SMARTS) is 1. The van der Waals surface area contributed by atoms with Gasteiger partial charge in [0.05, 0.1) is 12.1 Å². The van der Waals surface area contributed by atoms with Gasteiger partial charge in [0.25, 0.3) is 0 Å². The molecule has 2 amide bonds. The van der Waals surface area contributed by atoms with Crippen molar-refractivity contribution in [3.05, 3.63) is 30.3 Å². The lowest BCUT2D eigenvalue weighted by Crippen LogP contribution is -2.36. The summed E-state index contributed by atoms with van der Waals surface area (Å²) in [5.41, 5.74) is 0.525. The summed E-state index contributed by atoms with van der Waals surface area (Å²) in [4.78, 5) is 21.5. The number of hydrogen-bond donors (Lipinski definition) is 5. The molecule has 0 aliphatic carbocycles. The third kappa shape index (κ3) is 6.26. The first kappa shape index (κ1) is 19.6. The molecule has 136 valence electrons. The second kappa shape index (κ2) is 9.69. The van der Waals surface area contributed by atoms with Crippen molar-refractivity contribution in [2.75, 3.05) is 5.75 Å².